The molecule has 0 spiro atoms. The number of anilines is 2. The summed E-state index contributed by atoms with van der Waals surface area (Å²) in [6.45, 7) is 3.70. The molecule has 0 unspecified atom stereocenters. The smallest absolute Gasteiger partial charge is 0.255 e. The Bertz CT molecular complexity index is 846. The lowest BCUT2D eigenvalue weighted by molar-refractivity contribution is -0.119. The molecule has 0 aromatic heterocycles. The van der Waals surface area contributed by atoms with Crippen molar-refractivity contribution in [3.63, 3.8) is 0 Å². The number of carbonyl (C=O) groups excluding carboxylic acids is 2. The number of carbonyl (C=O) groups is 2. The van der Waals surface area contributed by atoms with E-state index in [0.717, 1.165) is 5.56 Å². The lowest BCUT2D eigenvalue weighted by Crippen LogP contribution is -2.26. The maximum atomic E-state index is 12.3. The largest absolute Gasteiger partial charge is 0.325 e. The quantitative estimate of drug-likeness (QED) is 0.894. The van der Waals surface area contributed by atoms with Gasteiger partial charge in [-0.15, -0.1) is 0 Å². The Morgan fingerprint density at radius 1 is 1.17 bits per heavy atom. The number of hydrogen-bond donors (Lipinski definition) is 2. The Morgan fingerprint density at radius 2 is 1.87 bits per heavy atom. The van der Waals surface area contributed by atoms with Crippen molar-refractivity contribution in [3.8, 4) is 6.07 Å². The SMILES string of the molecule is CC1(C)C(=O)Nc2cc(C(=O)Nc3ccc(C#N)cc3)ccc21. The van der Waals surface area contributed by atoms with Crippen LogP contribution in [0.1, 0.15) is 35.3 Å². The fraction of sp³-hybridized carbons (Fsp3) is 0.167. The minimum absolute atomic E-state index is 0.0721. The second-order valence-corrected chi connectivity index (χ2v) is 5.98. The Morgan fingerprint density at radius 3 is 2.52 bits per heavy atom. The van der Waals surface area contributed by atoms with Crippen LogP contribution in [-0.2, 0) is 10.2 Å². The van der Waals surface area contributed by atoms with Crippen LogP contribution in [0.3, 0.4) is 0 Å². The summed E-state index contributed by atoms with van der Waals surface area (Å²) >= 11 is 0. The van der Waals surface area contributed by atoms with E-state index in [1.165, 1.54) is 0 Å². The first-order valence-corrected chi connectivity index (χ1v) is 7.19. The topological polar surface area (TPSA) is 82.0 Å². The number of nitriles is 1. The summed E-state index contributed by atoms with van der Waals surface area (Å²) in [4.78, 5) is 24.3. The third kappa shape index (κ3) is 2.55. The van der Waals surface area contributed by atoms with Gasteiger partial charge in [0.2, 0.25) is 5.91 Å². The molecule has 0 saturated heterocycles. The molecule has 1 aliphatic heterocycles. The predicted molar refractivity (Wildman–Crippen MR) is 87.2 cm³/mol. The molecule has 1 aliphatic rings. The molecule has 0 saturated carbocycles. The zero-order valence-corrected chi connectivity index (χ0v) is 12.8. The average Bonchev–Trinajstić information content (AvgIpc) is 2.77. The second-order valence-electron chi connectivity index (χ2n) is 5.98. The lowest BCUT2D eigenvalue weighted by atomic mass is 9.86. The summed E-state index contributed by atoms with van der Waals surface area (Å²) in [6.07, 6.45) is 0. The number of fused-ring (bicyclic) bond motifs is 1. The molecule has 0 radical (unpaired) electrons. The highest BCUT2D eigenvalue weighted by atomic mass is 16.2. The summed E-state index contributed by atoms with van der Waals surface area (Å²) < 4.78 is 0. The molecule has 0 atom stereocenters. The van der Waals surface area contributed by atoms with Gasteiger partial charge in [-0.3, -0.25) is 9.59 Å². The van der Waals surface area contributed by atoms with E-state index in [4.69, 9.17) is 5.26 Å². The number of nitrogens with one attached hydrogen (secondary N) is 2. The molecule has 0 fully saturated rings. The zero-order chi connectivity index (χ0) is 16.6. The van der Waals surface area contributed by atoms with E-state index in [2.05, 4.69) is 10.6 Å². The van der Waals surface area contributed by atoms with Gasteiger partial charge < -0.3 is 10.6 Å². The highest BCUT2D eigenvalue weighted by Crippen LogP contribution is 2.37. The van der Waals surface area contributed by atoms with Gasteiger partial charge in [0.25, 0.3) is 5.91 Å². The monoisotopic (exact) mass is 305 g/mol. The first-order valence-electron chi connectivity index (χ1n) is 7.19. The van der Waals surface area contributed by atoms with Crippen molar-refractivity contribution in [1.82, 2.24) is 0 Å². The van der Waals surface area contributed by atoms with Crippen molar-refractivity contribution in [2.24, 2.45) is 0 Å². The van der Waals surface area contributed by atoms with Crippen LogP contribution in [0, 0.1) is 11.3 Å². The van der Waals surface area contributed by atoms with Gasteiger partial charge in [-0.05, 0) is 55.8 Å². The molecule has 2 aromatic carbocycles. The molecule has 114 valence electrons. The highest BCUT2D eigenvalue weighted by Gasteiger charge is 2.38. The van der Waals surface area contributed by atoms with Crippen molar-refractivity contribution in [1.29, 1.82) is 5.26 Å². The maximum Gasteiger partial charge on any atom is 0.255 e. The van der Waals surface area contributed by atoms with Gasteiger partial charge in [-0.25, -0.2) is 0 Å². The van der Waals surface area contributed by atoms with Crippen LogP contribution in [0.25, 0.3) is 0 Å². The third-order valence-corrected chi connectivity index (χ3v) is 4.04. The van der Waals surface area contributed by atoms with E-state index in [1.54, 1.807) is 42.5 Å². The number of benzene rings is 2. The van der Waals surface area contributed by atoms with E-state index in [-0.39, 0.29) is 11.8 Å². The first-order chi connectivity index (χ1) is 10.9. The van der Waals surface area contributed by atoms with E-state index < -0.39 is 5.41 Å². The molecule has 3 rings (SSSR count). The summed E-state index contributed by atoms with van der Waals surface area (Å²) in [5, 5.41) is 14.3. The van der Waals surface area contributed by atoms with Crippen molar-refractivity contribution in [2.45, 2.75) is 19.3 Å². The van der Waals surface area contributed by atoms with Crippen molar-refractivity contribution in [2.75, 3.05) is 10.6 Å². The van der Waals surface area contributed by atoms with Crippen LogP contribution in [0.15, 0.2) is 42.5 Å². The predicted octanol–water partition coefficient (Wildman–Crippen LogP) is 3.04. The average molecular weight is 305 g/mol. The van der Waals surface area contributed by atoms with Gasteiger partial charge in [-0.2, -0.15) is 5.26 Å². The molecule has 2 aromatic rings. The fourth-order valence-electron chi connectivity index (χ4n) is 2.57. The van der Waals surface area contributed by atoms with Gasteiger partial charge in [0.05, 0.1) is 17.0 Å². The van der Waals surface area contributed by atoms with Crippen molar-refractivity contribution < 1.29 is 9.59 Å². The summed E-state index contributed by atoms with van der Waals surface area (Å²) in [6, 6.07) is 13.9. The fourth-order valence-corrected chi connectivity index (χ4v) is 2.57. The maximum absolute atomic E-state index is 12.3. The molecule has 0 aliphatic carbocycles. The first kappa shape index (κ1) is 14.8. The van der Waals surface area contributed by atoms with Gasteiger partial charge in [0.1, 0.15) is 0 Å². The van der Waals surface area contributed by atoms with Crippen molar-refractivity contribution >= 4 is 23.2 Å². The van der Waals surface area contributed by atoms with E-state index >= 15 is 0 Å². The molecule has 2 N–H and O–H groups in total. The van der Waals surface area contributed by atoms with Crippen molar-refractivity contribution in [3.05, 3.63) is 59.2 Å². The van der Waals surface area contributed by atoms with Gasteiger partial charge in [-0.1, -0.05) is 6.07 Å². The minimum atomic E-state index is -0.586. The number of nitrogens with zero attached hydrogens (tertiary/aromatic N) is 1. The Kier molecular flexibility index (Phi) is 3.38. The molecule has 1 heterocycles. The normalized spacial score (nSPS) is 14.6. The molecular weight excluding hydrogens is 290 g/mol. The molecular formula is C18H15N3O2. The number of hydrogen-bond acceptors (Lipinski definition) is 3. The molecule has 5 nitrogen and oxygen atoms in total. The summed E-state index contributed by atoms with van der Waals surface area (Å²) in [7, 11) is 0. The summed E-state index contributed by atoms with van der Waals surface area (Å²) in [5.41, 5.74) is 2.58. The highest BCUT2D eigenvalue weighted by molar-refractivity contribution is 6.09. The molecule has 2 amide bonds. The minimum Gasteiger partial charge on any atom is -0.325 e. The number of amides is 2. The molecule has 0 bridgehead atoms. The Balaban J connectivity index is 1.83. The Hall–Kier alpha value is -3.13. The van der Waals surface area contributed by atoms with E-state index in [9.17, 15) is 9.59 Å². The van der Waals surface area contributed by atoms with Crippen LogP contribution >= 0.6 is 0 Å². The lowest BCUT2D eigenvalue weighted by Gasteiger charge is -2.15. The van der Waals surface area contributed by atoms with E-state index in [0.29, 0.717) is 22.5 Å². The Labute approximate surface area is 133 Å². The van der Waals surface area contributed by atoms with Crippen LogP contribution < -0.4 is 10.6 Å². The van der Waals surface area contributed by atoms with Gasteiger partial charge in [0, 0.05) is 16.9 Å². The van der Waals surface area contributed by atoms with Crippen LogP contribution in [0.2, 0.25) is 0 Å². The van der Waals surface area contributed by atoms with Gasteiger partial charge >= 0.3 is 0 Å². The standard InChI is InChI=1S/C18H15N3O2/c1-18(2)14-8-5-12(9-15(14)21-17(18)23)16(22)20-13-6-3-11(10-19)4-7-13/h3-9H,1-2H3,(H,20,22)(H,21,23). The van der Waals surface area contributed by atoms with E-state index in [1.807, 2.05) is 19.9 Å². The van der Waals surface area contributed by atoms with Crippen LogP contribution in [0.5, 0.6) is 0 Å². The zero-order valence-electron chi connectivity index (χ0n) is 12.8. The summed E-state index contributed by atoms with van der Waals surface area (Å²) in [5.74, 6) is -0.339. The molecule has 5 heteroatoms. The van der Waals surface area contributed by atoms with Gasteiger partial charge in [0.15, 0.2) is 0 Å². The van der Waals surface area contributed by atoms with Crippen LogP contribution in [-0.4, -0.2) is 11.8 Å². The number of rotatable bonds is 2. The second kappa shape index (κ2) is 5.25. The van der Waals surface area contributed by atoms with Crippen LogP contribution in [0.4, 0.5) is 11.4 Å². The molecule has 23 heavy (non-hydrogen) atoms. The third-order valence-electron chi connectivity index (χ3n) is 4.04.